The molecule has 4 rings (SSSR count). The summed E-state index contributed by atoms with van der Waals surface area (Å²) in [4.78, 5) is 38.0. The van der Waals surface area contributed by atoms with Crippen LogP contribution in [-0.4, -0.2) is 56.7 Å². The Labute approximate surface area is 190 Å². The zero-order valence-electron chi connectivity index (χ0n) is 18.2. The number of nitrogens with one attached hydrogen (secondary N) is 1. The number of amides is 1. The number of aliphatic carboxylic acids is 1. The Balaban J connectivity index is 1.37. The molecule has 0 spiro atoms. The zero-order valence-corrected chi connectivity index (χ0v) is 18.2. The molecule has 33 heavy (non-hydrogen) atoms. The zero-order chi connectivity index (χ0) is 23.4. The van der Waals surface area contributed by atoms with Gasteiger partial charge in [-0.05, 0) is 49.9 Å². The van der Waals surface area contributed by atoms with Crippen molar-refractivity contribution in [3.8, 4) is 17.2 Å². The van der Waals surface area contributed by atoms with Crippen LogP contribution in [0.15, 0.2) is 41.1 Å². The van der Waals surface area contributed by atoms with Crippen LogP contribution in [-0.2, 0) is 11.2 Å². The van der Waals surface area contributed by atoms with Crippen LogP contribution in [0, 0.1) is 12.8 Å². The number of nitrogens with zero attached hydrogens (tertiary/aromatic N) is 4. The van der Waals surface area contributed by atoms with Crippen molar-refractivity contribution in [3.63, 3.8) is 0 Å². The van der Waals surface area contributed by atoms with Crippen molar-refractivity contribution in [2.75, 3.05) is 24.5 Å². The van der Waals surface area contributed by atoms with Crippen LogP contribution in [0.3, 0.4) is 0 Å². The molecule has 172 valence electrons. The Morgan fingerprint density at radius 1 is 1.18 bits per heavy atom. The van der Waals surface area contributed by atoms with Gasteiger partial charge in [0.15, 0.2) is 11.4 Å². The van der Waals surface area contributed by atoms with E-state index in [9.17, 15) is 14.7 Å². The van der Waals surface area contributed by atoms with E-state index in [1.807, 2.05) is 12.1 Å². The third kappa shape index (κ3) is 5.28. The van der Waals surface area contributed by atoms with E-state index < -0.39 is 18.4 Å². The van der Waals surface area contributed by atoms with Crippen molar-refractivity contribution in [2.24, 2.45) is 5.92 Å². The number of aromatic hydroxyl groups is 1. The molecule has 1 aliphatic heterocycles. The second-order valence-corrected chi connectivity index (χ2v) is 8.02. The first-order valence-electron chi connectivity index (χ1n) is 10.7. The van der Waals surface area contributed by atoms with Crippen LogP contribution in [0.25, 0.3) is 11.5 Å². The number of benzene rings is 1. The molecule has 0 atom stereocenters. The monoisotopic (exact) mass is 451 g/mol. The number of carboxylic acid groups (broad SMARTS) is 1. The summed E-state index contributed by atoms with van der Waals surface area (Å²) in [6.45, 7) is 2.81. The number of oxazole rings is 1. The Hall–Kier alpha value is -3.95. The Kier molecular flexibility index (Phi) is 6.53. The Morgan fingerprint density at radius 3 is 2.55 bits per heavy atom. The largest absolute Gasteiger partial charge is 0.504 e. The normalized spacial score (nSPS) is 14.3. The number of carbonyl (C=O) groups is 2. The van der Waals surface area contributed by atoms with Gasteiger partial charge in [0.25, 0.3) is 5.91 Å². The van der Waals surface area contributed by atoms with Gasteiger partial charge in [-0.25, -0.2) is 15.0 Å². The molecule has 1 amide bonds. The number of anilines is 1. The summed E-state index contributed by atoms with van der Waals surface area (Å²) < 4.78 is 5.34. The maximum atomic E-state index is 12.2. The molecule has 3 aromatic rings. The van der Waals surface area contributed by atoms with E-state index in [0.717, 1.165) is 37.2 Å². The predicted molar refractivity (Wildman–Crippen MR) is 119 cm³/mol. The predicted octanol–water partition coefficient (Wildman–Crippen LogP) is 2.42. The van der Waals surface area contributed by atoms with Crippen LogP contribution >= 0.6 is 0 Å². The molecule has 10 heteroatoms. The number of hydrogen-bond acceptors (Lipinski definition) is 8. The molecule has 3 N–H and O–H groups in total. The highest BCUT2D eigenvalue weighted by Crippen LogP contribution is 2.28. The van der Waals surface area contributed by atoms with Crippen LogP contribution in [0.2, 0.25) is 0 Å². The lowest BCUT2D eigenvalue weighted by atomic mass is 9.92. The minimum absolute atomic E-state index is 0.192. The van der Waals surface area contributed by atoms with Gasteiger partial charge in [-0.2, -0.15) is 0 Å². The molecule has 1 aliphatic rings. The van der Waals surface area contributed by atoms with Gasteiger partial charge in [0.05, 0.1) is 11.9 Å². The third-order valence-corrected chi connectivity index (χ3v) is 5.72. The summed E-state index contributed by atoms with van der Waals surface area (Å²) in [7, 11) is 0. The fraction of sp³-hybridized carbons (Fsp3) is 0.348. The number of aromatic nitrogens is 3. The van der Waals surface area contributed by atoms with E-state index in [1.54, 1.807) is 19.4 Å². The van der Waals surface area contributed by atoms with Crippen molar-refractivity contribution in [1.29, 1.82) is 0 Å². The van der Waals surface area contributed by atoms with Crippen LogP contribution in [0.4, 0.5) is 5.69 Å². The molecule has 2 aromatic heterocycles. The summed E-state index contributed by atoms with van der Waals surface area (Å²) in [5, 5.41) is 21.1. The molecule has 3 heterocycles. The highest BCUT2D eigenvalue weighted by atomic mass is 16.4. The first kappa shape index (κ1) is 22.3. The van der Waals surface area contributed by atoms with Crippen molar-refractivity contribution >= 4 is 17.6 Å². The van der Waals surface area contributed by atoms with E-state index in [2.05, 4.69) is 37.3 Å². The topological polar surface area (TPSA) is 142 Å². The second kappa shape index (κ2) is 9.68. The van der Waals surface area contributed by atoms with E-state index in [1.165, 1.54) is 0 Å². The summed E-state index contributed by atoms with van der Waals surface area (Å²) >= 11 is 0. The molecular formula is C23H25N5O5. The molecule has 1 aromatic carbocycles. The smallest absolute Gasteiger partial charge is 0.322 e. The minimum Gasteiger partial charge on any atom is -0.504 e. The number of aryl methyl sites for hydroxylation is 1. The van der Waals surface area contributed by atoms with Crippen LogP contribution < -0.4 is 10.2 Å². The SMILES string of the molecule is Cc1nc(CC2CCN(c3ccc(-c4ncco4)cc3)CC2)nc(C(=O)NCC(=O)O)c1O. The molecule has 0 radical (unpaired) electrons. The number of hydrogen-bond donors (Lipinski definition) is 3. The van der Waals surface area contributed by atoms with Gasteiger partial charge in [0.2, 0.25) is 5.89 Å². The number of carboxylic acids is 1. The molecular weight excluding hydrogens is 426 g/mol. The lowest BCUT2D eigenvalue weighted by Gasteiger charge is -2.33. The van der Waals surface area contributed by atoms with Gasteiger partial charge in [0.1, 0.15) is 18.6 Å². The van der Waals surface area contributed by atoms with E-state index >= 15 is 0 Å². The van der Waals surface area contributed by atoms with Gasteiger partial charge in [-0.1, -0.05) is 0 Å². The maximum absolute atomic E-state index is 12.2. The molecule has 10 nitrogen and oxygen atoms in total. The second-order valence-electron chi connectivity index (χ2n) is 8.02. The molecule has 1 fully saturated rings. The fourth-order valence-electron chi connectivity index (χ4n) is 3.95. The average molecular weight is 451 g/mol. The lowest BCUT2D eigenvalue weighted by molar-refractivity contribution is -0.135. The highest BCUT2D eigenvalue weighted by Gasteiger charge is 2.23. The van der Waals surface area contributed by atoms with Gasteiger partial charge in [-0.3, -0.25) is 9.59 Å². The summed E-state index contributed by atoms with van der Waals surface area (Å²) in [6, 6.07) is 8.12. The van der Waals surface area contributed by atoms with E-state index in [-0.39, 0.29) is 11.4 Å². The maximum Gasteiger partial charge on any atom is 0.322 e. The Bertz CT molecular complexity index is 1120. The molecule has 1 saturated heterocycles. The number of rotatable bonds is 7. The molecule has 0 bridgehead atoms. The van der Waals surface area contributed by atoms with Crippen molar-refractivity contribution in [2.45, 2.75) is 26.2 Å². The summed E-state index contributed by atoms with van der Waals surface area (Å²) in [5.41, 5.74) is 2.17. The standard InChI is InChI=1S/C23H25N5O5/c1-14-21(31)20(22(32)25-13-19(29)30)27-18(26-14)12-15-6-9-28(10-7-15)17-4-2-16(3-5-17)23-24-8-11-33-23/h2-5,8,11,15,31H,6-7,9-10,12-13H2,1H3,(H,25,32)(H,29,30). The third-order valence-electron chi connectivity index (χ3n) is 5.72. The molecule has 0 saturated carbocycles. The van der Waals surface area contributed by atoms with Gasteiger partial charge < -0.3 is 24.8 Å². The van der Waals surface area contributed by atoms with Crippen molar-refractivity contribution < 1.29 is 24.2 Å². The summed E-state index contributed by atoms with van der Waals surface area (Å²) in [5.74, 6) is -0.825. The summed E-state index contributed by atoms with van der Waals surface area (Å²) in [6.07, 6.45) is 5.63. The van der Waals surface area contributed by atoms with Crippen molar-refractivity contribution in [1.82, 2.24) is 20.3 Å². The van der Waals surface area contributed by atoms with Crippen LogP contribution in [0.1, 0.15) is 34.8 Å². The van der Waals surface area contributed by atoms with Gasteiger partial charge >= 0.3 is 5.97 Å². The highest BCUT2D eigenvalue weighted by molar-refractivity contribution is 5.96. The first-order valence-corrected chi connectivity index (χ1v) is 10.7. The van der Waals surface area contributed by atoms with Crippen LogP contribution in [0.5, 0.6) is 5.75 Å². The van der Waals surface area contributed by atoms with Gasteiger partial charge in [-0.15, -0.1) is 0 Å². The van der Waals surface area contributed by atoms with E-state index in [0.29, 0.717) is 29.7 Å². The number of carbonyl (C=O) groups excluding carboxylic acids is 1. The van der Waals surface area contributed by atoms with Crippen molar-refractivity contribution in [3.05, 3.63) is 53.9 Å². The van der Waals surface area contributed by atoms with E-state index in [4.69, 9.17) is 9.52 Å². The lowest BCUT2D eigenvalue weighted by Crippen LogP contribution is -2.34. The minimum atomic E-state index is -1.17. The number of piperidine rings is 1. The molecule has 0 aliphatic carbocycles. The fourth-order valence-corrected chi connectivity index (χ4v) is 3.95. The first-order chi connectivity index (χ1) is 15.9. The quantitative estimate of drug-likeness (QED) is 0.494. The van der Waals surface area contributed by atoms with Gasteiger partial charge in [0, 0.05) is 30.8 Å². The Morgan fingerprint density at radius 2 is 1.91 bits per heavy atom. The molecule has 0 unspecified atom stereocenters. The average Bonchev–Trinajstić information content (AvgIpc) is 3.35.